The maximum absolute atomic E-state index is 14.1. The number of nitrogens with zero attached hydrogens (tertiary/aromatic N) is 2. The molecule has 2 aliphatic rings. The van der Waals surface area contributed by atoms with Crippen molar-refractivity contribution in [1.29, 1.82) is 0 Å². The van der Waals surface area contributed by atoms with E-state index in [-0.39, 0.29) is 24.0 Å². The van der Waals surface area contributed by atoms with Gasteiger partial charge in [0.1, 0.15) is 0 Å². The van der Waals surface area contributed by atoms with Crippen LogP contribution in [0.25, 0.3) is 0 Å². The number of carbonyl (C=O) groups excluding carboxylic acids is 3. The molecule has 1 N–H and O–H groups in total. The Labute approximate surface area is 235 Å². The van der Waals surface area contributed by atoms with Gasteiger partial charge in [-0.15, -0.1) is 0 Å². The highest BCUT2D eigenvalue weighted by Gasteiger charge is 2.41. The molecule has 0 aromatic heterocycles. The van der Waals surface area contributed by atoms with E-state index in [1.165, 1.54) is 0 Å². The summed E-state index contributed by atoms with van der Waals surface area (Å²) in [6.07, 6.45) is 0.326. The predicted octanol–water partition coefficient (Wildman–Crippen LogP) is 4.96. The van der Waals surface area contributed by atoms with Crippen molar-refractivity contribution in [2.24, 2.45) is 0 Å². The molecule has 7 heteroatoms. The Morgan fingerprint density at radius 2 is 1.55 bits per heavy atom. The molecule has 0 spiro atoms. The lowest BCUT2D eigenvalue weighted by atomic mass is 9.78. The maximum Gasteiger partial charge on any atom is 0.228 e. The monoisotopic (exact) mass is 536 g/mol. The lowest BCUT2D eigenvalue weighted by Crippen LogP contribution is -2.39. The summed E-state index contributed by atoms with van der Waals surface area (Å²) in [5, 5.41) is 14.8. The van der Waals surface area contributed by atoms with Crippen LogP contribution in [-0.4, -0.2) is 30.7 Å². The second-order valence-corrected chi connectivity index (χ2v) is 10.3. The molecule has 0 fully saturated rings. The molecule has 5 rings (SSSR count). The Kier molecular flexibility index (Phi) is 8.01. The average Bonchev–Trinajstić information content (AvgIpc) is 3.12. The van der Waals surface area contributed by atoms with Gasteiger partial charge >= 0.3 is 0 Å². The van der Waals surface area contributed by atoms with Crippen molar-refractivity contribution in [3.05, 3.63) is 101 Å². The molecule has 0 saturated heterocycles. The number of nitrogens with one attached hydrogen (secondary N) is 1. The number of hydrogen-bond donors (Lipinski definition) is 1. The number of carbonyl (C=O) groups is 3. The van der Waals surface area contributed by atoms with Gasteiger partial charge in [0.25, 0.3) is 0 Å². The Morgan fingerprint density at radius 3 is 2.23 bits per heavy atom. The highest BCUT2D eigenvalue weighted by Crippen LogP contribution is 2.47. The van der Waals surface area contributed by atoms with Crippen LogP contribution in [0.1, 0.15) is 62.6 Å². The van der Waals surface area contributed by atoms with Crippen LogP contribution < -0.4 is 20.2 Å². The first-order chi connectivity index (χ1) is 19.4. The fraction of sp³-hybridized carbons (Fsp3) is 0.303. The van der Waals surface area contributed by atoms with E-state index < -0.39 is 18.4 Å². The van der Waals surface area contributed by atoms with Gasteiger partial charge in [0.15, 0.2) is 5.78 Å². The van der Waals surface area contributed by atoms with Gasteiger partial charge in [0, 0.05) is 48.9 Å². The van der Waals surface area contributed by atoms with Crippen molar-refractivity contribution in [3.8, 4) is 0 Å². The number of fused-ring (bicyclic) bond motifs is 1. The maximum atomic E-state index is 14.1. The third-order valence-electron chi connectivity index (χ3n) is 7.91. The van der Waals surface area contributed by atoms with Crippen molar-refractivity contribution < 1.29 is 19.5 Å². The van der Waals surface area contributed by atoms with Crippen LogP contribution in [0.3, 0.4) is 0 Å². The molecule has 2 atom stereocenters. The molecule has 3 aromatic carbocycles. The second-order valence-electron chi connectivity index (χ2n) is 10.3. The zero-order valence-corrected chi connectivity index (χ0v) is 22.9. The minimum atomic E-state index is -1.28. The molecule has 0 bridgehead atoms. The summed E-state index contributed by atoms with van der Waals surface area (Å²) in [6.45, 7) is 6.12. The minimum Gasteiger partial charge on any atom is -0.550 e. The third-order valence-corrected chi connectivity index (χ3v) is 7.91. The zero-order valence-electron chi connectivity index (χ0n) is 22.9. The number of carboxylic acid groups (broad SMARTS) is 1. The summed E-state index contributed by atoms with van der Waals surface area (Å²) in [5.74, 6) is -1.68. The van der Waals surface area contributed by atoms with Gasteiger partial charge in [-0.25, -0.2) is 0 Å². The minimum absolute atomic E-state index is 0.00609. The van der Waals surface area contributed by atoms with Crippen LogP contribution in [0.2, 0.25) is 0 Å². The number of amides is 1. The molecule has 0 saturated carbocycles. The van der Waals surface area contributed by atoms with E-state index in [4.69, 9.17) is 0 Å². The summed E-state index contributed by atoms with van der Waals surface area (Å²) in [5.41, 5.74) is 5.74. The Morgan fingerprint density at radius 1 is 0.875 bits per heavy atom. The average molecular weight is 537 g/mol. The van der Waals surface area contributed by atoms with Crippen molar-refractivity contribution in [3.63, 3.8) is 0 Å². The first kappa shape index (κ1) is 27.2. The number of hydrogen-bond acceptors (Lipinski definition) is 6. The topological polar surface area (TPSA) is 92.8 Å². The van der Waals surface area contributed by atoms with E-state index in [1.807, 2.05) is 54.6 Å². The molecule has 40 heavy (non-hydrogen) atoms. The predicted molar refractivity (Wildman–Crippen MR) is 155 cm³/mol. The number of Topliss-reactive ketones (excluding diaryl/α,β-unsaturated/α-hetero) is 1. The summed E-state index contributed by atoms with van der Waals surface area (Å²) >= 11 is 0. The number of carboxylic acids is 1. The fourth-order valence-corrected chi connectivity index (χ4v) is 5.93. The molecular weight excluding hydrogens is 502 g/mol. The van der Waals surface area contributed by atoms with Crippen LogP contribution in [-0.2, 0) is 14.4 Å². The van der Waals surface area contributed by atoms with E-state index in [9.17, 15) is 19.5 Å². The highest BCUT2D eigenvalue weighted by molar-refractivity contribution is 6.06. The Bertz CT molecular complexity index is 1430. The standard InChI is InChI=1S/C33H35N3O4/c1-3-35(4-2)25-16-14-22(15-17-25)24-20-27-32(29(37)21-24)33(23-10-6-5-7-11-23)36(30(38)18-19-31(39)40)28-13-9-8-12-26(28)34-27/h5-17,24,33-34H,3-4,18-21H2,1-2H3,(H,39,40)/p-1/t24-,33+/m1/s1. The lowest BCUT2D eigenvalue weighted by molar-refractivity contribution is -0.305. The Hall–Kier alpha value is -4.39. The zero-order chi connectivity index (χ0) is 28.2. The van der Waals surface area contributed by atoms with Gasteiger partial charge in [-0.05, 0) is 68.0 Å². The molecule has 0 unspecified atom stereocenters. The van der Waals surface area contributed by atoms with E-state index >= 15 is 0 Å². The lowest BCUT2D eigenvalue weighted by Gasteiger charge is -2.35. The summed E-state index contributed by atoms with van der Waals surface area (Å²) in [6, 6.07) is 24.7. The number of aliphatic carboxylic acids is 1. The van der Waals surface area contributed by atoms with Gasteiger partial charge in [-0.3, -0.25) is 14.5 Å². The third kappa shape index (κ3) is 5.37. The number of para-hydroxylation sites is 2. The van der Waals surface area contributed by atoms with E-state index in [1.54, 1.807) is 4.90 Å². The van der Waals surface area contributed by atoms with Gasteiger partial charge in [0.2, 0.25) is 5.91 Å². The second kappa shape index (κ2) is 11.8. The molecule has 1 aliphatic carbocycles. The van der Waals surface area contributed by atoms with Gasteiger partial charge < -0.3 is 20.1 Å². The van der Waals surface area contributed by atoms with Crippen LogP contribution >= 0.6 is 0 Å². The number of rotatable bonds is 8. The highest BCUT2D eigenvalue weighted by atomic mass is 16.4. The van der Waals surface area contributed by atoms with Gasteiger partial charge in [-0.2, -0.15) is 0 Å². The normalized spacial score (nSPS) is 18.4. The Balaban J connectivity index is 1.59. The number of ketones is 1. The van der Waals surface area contributed by atoms with Crippen LogP contribution in [0, 0.1) is 0 Å². The van der Waals surface area contributed by atoms with E-state index in [0.717, 1.165) is 35.6 Å². The van der Waals surface area contributed by atoms with Crippen molar-refractivity contribution in [2.75, 3.05) is 28.2 Å². The quantitative estimate of drug-likeness (QED) is 0.437. The first-order valence-corrected chi connectivity index (χ1v) is 13.9. The molecule has 0 radical (unpaired) electrons. The van der Waals surface area contributed by atoms with Crippen molar-refractivity contribution in [2.45, 2.75) is 51.5 Å². The van der Waals surface area contributed by atoms with Crippen LogP contribution in [0.5, 0.6) is 0 Å². The van der Waals surface area contributed by atoms with E-state index in [2.05, 4.69) is 48.3 Å². The number of benzene rings is 3. The summed E-state index contributed by atoms with van der Waals surface area (Å²) in [7, 11) is 0. The number of allylic oxidation sites excluding steroid dienone is 1. The van der Waals surface area contributed by atoms with Gasteiger partial charge in [-0.1, -0.05) is 54.6 Å². The largest absolute Gasteiger partial charge is 0.550 e. The molecule has 1 aliphatic heterocycles. The van der Waals surface area contributed by atoms with Crippen molar-refractivity contribution in [1.82, 2.24) is 0 Å². The number of anilines is 3. The summed E-state index contributed by atoms with van der Waals surface area (Å²) in [4.78, 5) is 42.8. The van der Waals surface area contributed by atoms with E-state index in [0.29, 0.717) is 29.8 Å². The van der Waals surface area contributed by atoms with Crippen LogP contribution in [0.4, 0.5) is 17.1 Å². The first-order valence-electron chi connectivity index (χ1n) is 13.9. The summed E-state index contributed by atoms with van der Waals surface area (Å²) < 4.78 is 0. The molecule has 1 amide bonds. The van der Waals surface area contributed by atoms with Crippen LogP contribution in [0.15, 0.2) is 90.1 Å². The smallest absolute Gasteiger partial charge is 0.228 e. The molecule has 7 nitrogen and oxygen atoms in total. The van der Waals surface area contributed by atoms with Gasteiger partial charge in [0.05, 0.1) is 17.4 Å². The van der Waals surface area contributed by atoms with Crippen molar-refractivity contribution >= 4 is 34.7 Å². The fourth-order valence-electron chi connectivity index (χ4n) is 5.93. The molecular formula is C33H34N3O4-. The molecule has 206 valence electrons. The SMILES string of the molecule is CCN(CC)c1ccc([C@H]2CC(=O)C3=C(C2)Nc2ccccc2N(C(=O)CCC(=O)[O-])[C@H]3c2ccccc2)cc1. The molecule has 3 aromatic rings. The molecule has 1 heterocycles.